The van der Waals surface area contributed by atoms with Crippen LogP contribution in [0.25, 0.3) is 11.1 Å². The van der Waals surface area contributed by atoms with E-state index in [1.54, 1.807) is 6.92 Å². The largest absolute Gasteiger partial charge is 0.481 e. The quantitative estimate of drug-likeness (QED) is 0.723. The van der Waals surface area contributed by atoms with E-state index in [0.29, 0.717) is 13.0 Å². The monoisotopic (exact) mass is 436 g/mol. The number of hydrogen-bond acceptors (Lipinski definition) is 4. The van der Waals surface area contributed by atoms with Crippen LogP contribution in [0.3, 0.4) is 0 Å². The molecule has 0 radical (unpaired) electrons. The third kappa shape index (κ3) is 4.07. The van der Waals surface area contributed by atoms with Gasteiger partial charge in [0.2, 0.25) is 5.91 Å². The maximum Gasteiger partial charge on any atom is 0.407 e. The number of fused-ring (bicyclic) bond motifs is 3. The van der Waals surface area contributed by atoms with Gasteiger partial charge in [0.05, 0.1) is 5.92 Å². The van der Waals surface area contributed by atoms with Crippen LogP contribution in [0.2, 0.25) is 0 Å². The molecule has 1 aliphatic heterocycles. The van der Waals surface area contributed by atoms with E-state index < -0.39 is 24.0 Å². The van der Waals surface area contributed by atoms with E-state index in [1.807, 2.05) is 43.3 Å². The Bertz CT molecular complexity index is 991. The molecule has 168 valence electrons. The molecule has 7 heteroatoms. The molecule has 4 rings (SSSR count). The van der Waals surface area contributed by atoms with E-state index in [1.165, 1.54) is 4.90 Å². The molecule has 1 saturated heterocycles. The van der Waals surface area contributed by atoms with E-state index in [0.717, 1.165) is 22.3 Å². The highest BCUT2D eigenvalue weighted by Crippen LogP contribution is 2.44. The number of hydrogen-bond donors (Lipinski definition) is 2. The van der Waals surface area contributed by atoms with Gasteiger partial charge >= 0.3 is 12.1 Å². The first-order valence-corrected chi connectivity index (χ1v) is 11.0. The van der Waals surface area contributed by atoms with E-state index in [4.69, 9.17) is 4.74 Å². The average Bonchev–Trinajstić information content (AvgIpc) is 3.34. The van der Waals surface area contributed by atoms with Crippen LogP contribution in [0.1, 0.15) is 37.3 Å². The molecular weight excluding hydrogens is 408 g/mol. The minimum Gasteiger partial charge on any atom is -0.481 e. The molecule has 2 N–H and O–H groups in total. The zero-order valence-electron chi connectivity index (χ0n) is 18.3. The predicted molar refractivity (Wildman–Crippen MR) is 119 cm³/mol. The van der Waals surface area contributed by atoms with Crippen molar-refractivity contribution in [2.45, 2.75) is 32.2 Å². The normalized spacial score (nSPS) is 20.4. The molecule has 0 bridgehead atoms. The summed E-state index contributed by atoms with van der Waals surface area (Å²) in [6.45, 7) is 4.34. The number of carboxylic acids is 1. The Labute approximate surface area is 187 Å². The van der Waals surface area contributed by atoms with Crippen LogP contribution in [0.5, 0.6) is 0 Å². The highest BCUT2D eigenvalue weighted by atomic mass is 16.5. The molecule has 32 heavy (non-hydrogen) atoms. The topological polar surface area (TPSA) is 95.9 Å². The number of nitrogens with one attached hydrogen (secondary N) is 1. The van der Waals surface area contributed by atoms with E-state index >= 15 is 0 Å². The fourth-order valence-corrected chi connectivity index (χ4v) is 4.81. The number of carboxylic acid groups (broad SMARTS) is 1. The van der Waals surface area contributed by atoms with Crippen molar-refractivity contribution in [1.29, 1.82) is 0 Å². The lowest BCUT2D eigenvalue weighted by Crippen LogP contribution is -2.48. The number of ether oxygens (including phenoxy) is 1. The van der Waals surface area contributed by atoms with Crippen molar-refractivity contribution in [2.75, 3.05) is 19.7 Å². The summed E-state index contributed by atoms with van der Waals surface area (Å²) in [6.07, 6.45) is -0.250. The summed E-state index contributed by atoms with van der Waals surface area (Å²) in [7, 11) is 0. The summed E-state index contributed by atoms with van der Waals surface area (Å²) < 4.78 is 5.55. The van der Waals surface area contributed by atoms with Gasteiger partial charge in [-0.1, -0.05) is 62.4 Å². The Kier molecular flexibility index (Phi) is 6.17. The van der Waals surface area contributed by atoms with Crippen molar-refractivity contribution in [2.24, 2.45) is 11.8 Å². The Balaban J connectivity index is 1.38. The maximum atomic E-state index is 12.9. The molecule has 2 amide bonds. The predicted octanol–water partition coefficient (Wildman–Crippen LogP) is 3.48. The summed E-state index contributed by atoms with van der Waals surface area (Å²) in [5.41, 5.74) is 4.54. The van der Waals surface area contributed by atoms with Gasteiger partial charge in [-0.2, -0.15) is 0 Å². The van der Waals surface area contributed by atoms with Gasteiger partial charge in [0.25, 0.3) is 0 Å². The average molecular weight is 437 g/mol. The van der Waals surface area contributed by atoms with Crippen molar-refractivity contribution < 1.29 is 24.2 Å². The molecule has 2 aliphatic rings. The first-order valence-electron chi connectivity index (χ1n) is 11.0. The van der Waals surface area contributed by atoms with Crippen molar-refractivity contribution in [1.82, 2.24) is 10.2 Å². The Morgan fingerprint density at radius 3 is 2.19 bits per heavy atom. The van der Waals surface area contributed by atoms with Gasteiger partial charge in [0, 0.05) is 19.0 Å². The van der Waals surface area contributed by atoms with Crippen LogP contribution in [0.4, 0.5) is 4.79 Å². The zero-order chi connectivity index (χ0) is 22.8. The molecule has 0 aromatic heterocycles. The summed E-state index contributed by atoms with van der Waals surface area (Å²) in [6, 6.07) is 15.4. The molecule has 1 heterocycles. The SMILES string of the molecule is CC[C@H](NC(=O)OCC1c2ccccc2-c2ccccc21)C(=O)N1CC(C)C(C(=O)O)C1. The third-order valence-electron chi connectivity index (χ3n) is 6.58. The molecule has 2 unspecified atom stereocenters. The molecule has 1 fully saturated rings. The molecule has 7 nitrogen and oxygen atoms in total. The van der Waals surface area contributed by atoms with Gasteiger partial charge in [0.1, 0.15) is 12.6 Å². The van der Waals surface area contributed by atoms with Crippen LogP contribution in [0, 0.1) is 11.8 Å². The maximum absolute atomic E-state index is 12.9. The first-order chi connectivity index (χ1) is 15.4. The lowest BCUT2D eigenvalue weighted by atomic mass is 9.98. The fraction of sp³-hybridized carbons (Fsp3) is 0.400. The number of aliphatic carboxylic acids is 1. The number of alkyl carbamates (subject to hydrolysis) is 1. The van der Waals surface area contributed by atoms with Crippen LogP contribution in [-0.2, 0) is 14.3 Å². The van der Waals surface area contributed by atoms with Crippen LogP contribution in [-0.4, -0.2) is 53.7 Å². The number of nitrogens with zero attached hydrogens (tertiary/aromatic N) is 1. The second-order valence-corrected chi connectivity index (χ2v) is 8.60. The molecule has 2 aromatic rings. The lowest BCUT2D eigenvalue weighted by Gasteiger charge is -2.23. The molecule has 3 atom stereocenters. The number of carbonyl (C=O) groups excluding carboxylic acids is 2. The number of carbonyl (C=O) groups is 3. The summed E-state index contributed by atoms with van der Waals surface area (Å²) >= 11 is 0. The Morgan fingerprint density at radius 1 is 1.06 bits per heavy atom. The van der Waals surface area contributed by atoms with Gasteiger partial charge in [0.15, 0.2) is 0 Å². The molecular formula is C25H28N2O5. The first kappa shape index (κ1) is 21.9. The minimum atomic E-state index is -0.898. The highest BCUT2D eigenvalue weighted by molar-refractivity contribution is 5.87. The summed E-state index contributed by atoms with van der Waals surface area (Å²) in [4.78, 5) is 38.3. The summed E-state index contributed by atoms with van der Waals surface area (Å²) in [5, 5.41) is 12.0. The van der Waals surface area contributed by atoms with E-state index in [2.05, 4.69) is 17.4 Å². The van der Waals surface area contributed by atoms with E-state index in [-0.39, 0.29) is 30.9 Å². The van der Waals surface area contributed by atoms with Gasteiger partial charge < -0.3 is 20.1 Å². The van der Waals surface area contributed by atoms with Crippen LogP contribution in [0.15, 0.2) is 48.5 Å². The molecule has 0 saturated carbocycles. The van der Waals surface area contributed by atoms with Crippen molar-refractivity contribution in [3.8, 4) is 11.1 Å². The standard InChI is InChI=1S/C25H28N2O5/c1-3-22(23(28)27-12-15(2)20(13-27)24(29)30)26-25(31)32-14-21-18-10-6-4-8-16(18)17-9-5-7-11-19(17)21/h4-11,15,20-22H,3,12-14H2,1-2H3,(H,26,31)(H,29,30)/t15?,20?,22-/m0/s1. The van der Waals surface area contributed by atoms with Crippen LogP contribution >= 0.6 is 0 Å². The zero-order valence-corrected chi connectivity index (χ0v) is 18.3. The Hall–Kier alpha value is -3.35. The second kappa shape index (κ2) is 9.02. The van der Waals surface area contributed by atoms with Gasteiger partial charge in [-0.05, 0) is 34.6 Å². The molecule has 0 spiro atoms. The van der Waals surface area contributed by atoms with Crippen molar-refractivity contribution in [3.05, 3.63) is 59.7 Å². The Morgan fingerprint density at radius 2 is 1.66 bits per heavy atom. The fourth-order valence-electron chi connectivity index (χ4n) is 4.81. The minimum absolute atomic E-state index is 0.0558. The van der Waals surface area contributed by atoms with Gasteiger partial charge in [-0.25, -0.2) is 4.79 Å². The number of likely N-dealkylation sites (tertiary alicyclic amines) is 1. The highest BCUT2D eigenvalue weighted by Gasteiger charge is 2.39. The smallest absolute Gasteiger partial charge is 0.407 e. The van der Waals surface area contributed by atoms with Gasteiger partial charge in [-0.3, -0.25) is 9.59 Å². The number of benzene rings is 2. The molecule has 1 aliphatic carbocycles. The molecule has 2 aromatic carbocycles. The van der Waals surface area contributed by atoms with Crippen molar-refractivity contribution >= 4 is 18.0 Å². The van der Waals surface area contributed by atoms with E-state index in [9.17, 15) is 19.5 Å². The van der Waals surface area contributed by atoms with Crippen LogP contribution < -0.4 is 5.32 Å². The van der Waals surface area contributed by atoms with Crippen molar-refractivity contribution in [3.63, 3.8) is 0 Å². The lowest BCUT2D eigenvalue weighted by molar-refractivity contribution is -0.142. The number of amides is 2. The third-order valence-corrected chi connectivity index (χ3v) is 6.58. The second-order valence-electron chi connectivity index (χ2n) is 8.60. The van der Waals surface area contributed by atoms with Gasteiger partial charge in [-0.15, -0.1) is 0 Å². The summed E-state index contributed by atoms with van der Waals surface area (Å²) in [5.74, 6) is -1.92. The number of rotatable bonds is 6.